The highest BCUT2D eigenvalue weighted by Crippen LogP contribution is 2.19. The van der Waals surface area contributed by atoms with Crippen molar-refractivity contribution in [3.05, 3.63) is 34.6 Å². The molecule has 1 nitrogen and oxygen atoms in total. The zero-order valence-electron chi connectivity index (χ0n) is 9.89. The van der Waals surface area contributed by atoms with Crippen LogP contribution in [0.4, 0.5) is 4.39 Å². The molecule has 1 rings (SSSR count). The van der Waals surface area contributed by atoms with Crippen LogP contribution in [0.1, 0.15) is 32.3 Å². The average Bonchev–Trinajstić information content (AvgIpc) is 2.28. The van der Waals surface area contributed by atoms with Crippen LogP contribution in [0.15, 0.2) is 18.2 Å². The van der Waals surface area contributed by atoms with Gasteiger partial charge >= 0.3 is 0 Å². The average molecular weight is 244 g/mol. The predicted octanol–water partition coefficient (Wildman–Crippen LogP) is 3.80. The van der Waals surface area contributed by atoms with Crippen molar-refractivity contribution in [2.24, 2.45) is 0 Å². The van der Waals surface area contributed by atoms with Gasteiger partial charge in [-0.2, -0.15) is 0 Å². The number of benzene rings is 1. The van der Waals surface area contributed by atoms with Crippen LogP contribution in [-0.2, 0) is 6.42 Å². The molecule has 0 saturated carbocycles. The van der Waals surface area contributed by atoms with Crippen LogP contribution in [0.5, 0.6) is 0 Å². The minimum Gasteiger partial charge on any atom is -0.314 e. The first-order chi connectivity index (χ1) is 7.67. The van der Waals surface area contributed by atoms with Crippen LogP contribution in [-0.4, -0.2) is 12.6 Å². The zero-order valence-corrected chi connectivity index (χ0v) is 10.6. The van der Waals surface area contributed by atoms with Gasteiger partial charge in [0, 0.05) is 11.1 Å². The van der Waals surface area contributed by atoms with Crippen molar-refractivity contribution in [1.29, 1.82) is 0 Å². The summed E-state index contributed by atoms with van der Waals surface area (Å²) in [6, 6.07) is 5.04. The van der Waals surface area contributed by atoms with E-state index in [1.54, 1.807) is 6.07 Å². The molecule has 0 spiro atoms. The lowest BCUT2D eigenvalue weighted by molar-refractivity contribution is 0.480. The van der Waals surface area contributed by atoms with Crippen LogP contribution in [0.3, 0.4) is 0 Å². The van der Waals surface area contributed by atoms with E-state index in [-0.39, 0.29) is 5.82 Å². The highest BCUT2D eigenvalue weighted by Gasteiger charge is 2.07. The summed E-state index contributed by atoms with van der Waals surface area (Å²) in [5, 5.41) is 4.06. The number of hydrogen-bond donors (Lipinski definition) is 1. The molecule has 0 bridgehead atoms. The molecule has 3 heteroatoms. The molecule has 0 heterocycles. The van der Waals surface area contributed by atoms with Crippen LogP contribution in [0.2, 0.25) is 5.02 Å². The Morgan fingerprint density at radius 2 is 2.12 bits per heavy atom. The lowest BCUT2D eigenvalue weighted by Crippen LogP contribution is -2.28. The SMILES string of the molecule is CCNC(CC)CCc1cc(F)ccc1Cl. The highest BCUT2D eigenvalue weighted by molar-refractivity contribution is 6.31. The van der Waals surface area contributed by atoms with Gasteiger partial charge in [0.1, 0.15) is 5.82 Å². The van der Waals surface area contributed by atoms with Crippen molar-refractivity contribution in [3.63, 3.8) is 0 Å². The Morgan fingerprint density at radius 1 is 1.38 bits per heavy atom. The highest BCUT2D eigenvalue weighted by atomic mass is 35.5. The molecule has 0 aromatic heterocycles. The van der Waals surface area contributed by atoms with Gasteiger partial charge in [-0.1, -0.05) is 25.4 Å². The summed E-state index contributed by atoms with van der Waals surface area (Å²) in [6.07, 6.45) is 2.90. The smallest absolute Gasteiger partial charge is 0.123 e. The summed E-state index contributed by atoms with van der Waals surface area (Å²) in [4.78, 5) is 0. The van der Waals surface area contributed by atoms with Gasteiger partial charge in [0.25, 0.3) is 0 Å². The molecule has 0 aliphatic heterocycles. The second kappa shape index (κ2) is 6.87. The monoisotopic (exact) mass is 243 g/mol. The topological polar surface area (TPSA) is 12.0 Å². The molecule has 0 fully saturated rings. The first-order valence-electron chi connectivity index (χ1n) is 5.84. The Morgan fingerprint density at radius 3 is 2.75 bits per heavy atom. The summed E-state index contributed by atoms with van der Waals surface area (Å²) < 4.78 is 13.0. The molecule has 0 saturated heterocycles. The van der Waals surface area contributed by atoms with Gasteiger partial charge in [-0.15, -0.1) is 0 Å². The molecule has 0 aliphatic rings. The summed E-state index contributed by atoms with van der Waals surface area (Å²) in [5.74, 6) is -0.212. The maximum Gasteiger partial charge on any atom is 0.123 e. The van der Waals surface area contributed by atoms with E-state index in [1.807, 2.05) is 0 Å². The van der Waals surface area contributed by atoms with Gasteiger partial charge in [-0.25, -0.2) is 4.39 Å². The number of halogens is 2. The fourth-order valence-electron chi connectivity index (χ4n) is 1.80. The van der Waals surface area contributed by atoms with Crippen molar-refractivity contribution in [2.45, 2.75) is 39.2 Å². The quantitative estimate of drug-likeness (QED) is 0.802. The third-order valence-corrected chi connectivity index (χ3v) is 3.12. The first-order valence-corrected chi connectivity index (χ1v) is 6.22. The lowest BCUT2D eigenvalue weighted by atomic mass is 10.0. The second-order valence-corrected chi connectivity index (χ2v) is 4.34. The zero-order chi connectivity index (χ0) is 12.0. The Kier molecular flexibility index (Phi) is 5.78. The fourth-order valence-corrected chi connectivity index (χ4v) is 2.02. The van der Waals surface area contributed by atoms with Gasteiger partial charge in [0.15, 0.2) is 0 Å². The second-order valence-electron chi connectivity index (χ2n) is 3.94. The van der Waals surface area contributed by atoms with E-state index in [4.69, 9.17) is 11.6 Å². The van der Waals surface area contributed by atoms with Crippen LogP contribution < -0.4 is 5.32 Å². The molecule has 1 N–H and O–H groups in total. The standard InChI is InChI=1S/C13H19ClFN/c1-3-12(16-4-2)7-5-10-9-11(15)6-8-13(10)14/h6,8-9,12,16H,3-5,7H2,1-2H3. The van der Waals surface area contributed by atoms with E-state index in [1.165, 1.54) is 12.1 Å². The van der Waals surface area contributed by atoms with Gasteiger partial charge in [0.2, 0.25) is 0 Å². The van der Waals surface area contributed by atoms with Gasteiger partial charge in [-0.05, 0) is 49.6 Å². The molecule has 0 amide bonds. The molecule has 1 atom stereocenters. The molecule has 1 aromatic rings. The van der Waals surface area contributed by atoms with E-state index in [0.29, 0.717) is 11.1 Å². The maximum atomic E-state index is 13.0. The van der Waals surface area contributed by atoms with Crippen LogP contribution in [0.25, 0.3) is 0 Å². The number of nitrogens with one attached hydrogen (secondary N) is 1. The Bertz CT molecular complexity index is 328. The number of hydrogen-bond acceptors (Lipinski definition) is 1. The molecule has 0 aliphatic carbocycles. The van der Waals surface area contributed by atoms with Crippen molar-refractivity contribution in [1.82, 2.24) is 5.32 Å². The van der Waals surface area contributed by atoms with E-state index < -0.39 is 0 Å². The molecule has 16 heavy (non-hydrogen) atoms. The van der Waals surface area contributed by atoms with Gasteiger partial charge in [0.05, 0.1) is 0 Å². The third kappa shape index (κ3) is 4.11. The van der Waals surface area contributed by atoms with Crippen molar-refractivity contribution in [2.75, 3.05) is 6.54 Å². The lowest BCUT2D eigenvalue weighted by Gasteiger charge is -2.15. The number of aryl methyl sites for hydroxylation is 1. The molecule has 0 radical (unpaired) electrons. The normalized spacial score (nSPS) is 12.8. The van der Waals surface area contributed by atoms with Crippen LogP contribution in [0, 0.1) is 5.82 Å². The minimum atomic E-state index is -0.212. The van der Waals surface area contributed by atoms with Crippen molar-refractivity contribution < 1.29 is 4.39 Å². The van der Waals surface area contributed by atoms with Crippen molar-refractivity contribution >= 4 is 11.6 Å². The maximum absolute atomic E-state index is 13.0. The molecule has 1 aromatic carbocycles. The van der Waals surface area contributed by atoms with E-state index in [0.717, 1.165) is 31.4 Å². The largest absolute Gasteiger partial charge is 0.314 e. The molecule has 90 valence electrons. The van der Waals surface area contributed by atoms with Crippen LogP contribution >= 0.6 is 11.6 Å². The summed E-state index contributed by atoms with van der Waals surface area (Å²) in [5.41, 5.74) is 0.901. The van der Waals surface area contributed by atoms with Crippen molar-refractivity contribution in [3.8, 4) is 0 Å². The third-order valence-electron chi connectivity index (χ3n) is 2.76. The molecular weight excluding hydrogens is 225 g/mol. The van der Waals surface area contributed by atoms with Gasteiger partial charge in [-0.3, -0.25) is 0 Å². The fraction of sp³-hybridized carbons (Fsp3) is 0.538. The summed E-state index contributed by atoms with van der Waals surface area (Å²) in [6.45, 7) is 5.22. The van der Waals surface area contributed by atoms with E-state index >= 15 is 0 Å². The molecular formula is C13H19ClFN. The first kappa shape index (κ1) is 13.5. The minimum absolute atomic E-state index is 0.212. The number of rotatable bonds is 6. The predicted molar refractivity (Wildman–Crippen MR) is 67.5 cm³/mol. The summed E-state index contributed by atoms with van der Waals surface area (Å²) >= 11 is 6.01. The van der Waals surface area contributed by atoms with E-state index in [2.05, 4.69) is 19.2 Å². The Labute approximate surface area is 102 Å². The molecule has 1 unspecified atom stereocenters. The van der Waals surface area contributed by atoms with E-state index in [9.17, 15) is 4.39 Å². The van der Waals surface area contributed by atoms with Gasteiger partial charge < -0.3 is 5.32 Å². The Hall–Kier alpha value is -0.600. The summed E-state index contributed by atoms with van der Waals surface area (Å²) in [7, 11) is 0. The Balaban J connectivity index is 2.55.